The molecule has 0 fully saturated rings. The average molecular weight is 845 g/mol. The molecule has 0 atom stereocenters. The maximum atomic E-state index is 4.37. The van der Waals surface area contributed by atoms with Gasteiger partial charge in [0.1, 0.15) is 23.0 Å². The molecule has 12 nitrogen and oxygen atoms in total. The fraction of sp³-hybridized carbons (Fsp3) is 0.596. The van der Waals surface area contributed by atoms with Crippen LogP contribution in [0.2, 0.25) is 0 Å². The molecule has 3 aliphatic rings. The Hall–Kier alpha value is -4.65. The van der Waals surface area contributed by atoms with Crippen molar-refractivity contribution in [3.63, 3.8) is 0 Å². The smallest absolute Gasteiger partial charge is 0.205 e. The number of hydrogen-bond donors (Lipinski definition) is 4. The minimum Gasteiger partial charge on any atom is -0.370 e. The highest BCUT2D eigenvalue weighted by Gasteiger charge is 2.03. The fourth-order valence-corrected chi connectivity index (χ4v) is 5.15. The van der Waals surface area contributed by atoms with E-state index in [2.05, 4.69) is 158 Å². The van der Waals surface area contributed by atoms with E-state index in [9.17, 15) is 0 Å². The van der Waals surface area contributed by atoms with E-state index >= 15 is 0 Å². The van der Waals surface area contributed by atoms with Gasteiger partial charge >= 0.3 is 0 Å². The molecular weight excluding hydrogens is 765 g/mol. The largest absolute Gasteiger partial charge is 0.370 e. The first-order chi connectivity index (χ1) is 28.7. The number of aromatic nitrogens is 5. The van der Waals surface area contributed by atoms with Gasteiger partial charge in [0.15, 0.2) is 0 Å². The molecule has 13 heteroatoms. The van der Waals surface area contributed by atoms with Gasteiger partial charge in [-0.1, -0.05) is 119 Å². The van der Waals surface area contributed by atoms with Crippen LogP contribution in [0.25, 0.3) is 0 Å². The number of hydrogen-bond acceptors (Lipinski definition) is 10. The van der Waals surface area contributed by atoms with Crippen LogP contribution in [-0.4, -0.2) is 68.5 Å². The second-order valence-electron chi connectivity index (χ2n) is 17.2. The van der Waals surface area contributed by atoms with Gasteiger partial charge in [-0.2, -0.15) is 5.10 Å². The van der Waals surface area contributed by atoms with E-state index in [-0.39, 0.29) is 0 Å². The molecule has 0 amide bonds. The Morgan fingerprint density at radius 3 is 1.75 bits per heavy atom. The van der Waals surface area contributed by atoms with Gasteiger partial charge in [-0.25, -0.2) is 4.98 Å². The van der Waals surface area contributed by atoms with Crippen molar-refractivity contribution in [3.05, 3.63) is 85.2 Å². The van der Waals surface area contributed by atoms with Crippen molar-refractivity contribution in [2.45, 2.75) is 122 Å². The van der Waals surface area contributed by atoms with E-state index in [0.717, 1.165) is 80.5 Å². The Kier molecular flexibility index (Phi) is 30.3. The topological polar surface area (TPSA) is 142 Å². The van der Waals surface area contributed by atoms with Gasteiger partial charge < -0.3 is 21.3 Å². The minimum atomic E-state index is 0.656. The standard InChI is InChI=1S/C9H14N2.C9H15N.2C8H14N2.C7H12N2.C6H11N3S/c1-8(2)7-11-9-5-3-4-6-10-9;1-8(2)5-6-9-4-3-7-10-9;2*1-7(2)6-10-8-4-3-5-9-8;1-7(2)6-9-5-3-4-8-9;1-5(2)3-7-6-9-8-4-10-6/h3-6,8H,7H2,1-2H3,(H,10,11);3,7-8H,4-6H2,1-2H3;2*3,5,7H,4,6H2,1-2H3,(H,9,10);3-5,7H,6H2,1-2H3;4-5H,3H2,1-2H3,(H,7,9). The summed E-state index contributed by atoms with van der Waals surface area (Å²) in [5.74, 6) is 7.31. The Morgan fingerprint density at radius 1 is 0.700 bits per heavy atom. The number of nitrogens with one attached hydrogen (secondary N) is 4. The second-order valence-corrected chi connectivity index (χ2v) is 18.0. The predicted octanol–water partition coefficient (Wildman–Crippen LogP) is 11.2. The third-order valence-electron chi connectivity index (χ3n) is 7.87. The van der Waals surface area contributed by atoms with E-state index in [0.29, 0.717) is 29.6 Å². The average Bonchev–Trinajstić information content (AvgIpc) is 4.06. The first-order valence-electron chi connectivity index (χ1n) is 22.0. The number of anilines is 2. The summed E-state index contributed by atoms with van der Waals surface area (Å²) >= 11 is 1.53. The van der Waals surface area contributed by atoms with Crippen molar-refractivity contribution in [1.29, 1.82) is 0 Å². The van der Waals surface area contributed by atoms with E-state index in [1.165, 1.54) is 29.9 Å². The third-order valence-corrected chi connectivity index (χ3v) is 8.52. The van der Waals surface area contributed by atoms with Gasteiger partial charge in [0, 0.05) is 82.5 Å². The molecule has 0 unspecified atom stereocenters. The van der Waals surface area contributed by atoms with Crippen molar-refractivity contribution in [1.82, 2.24) is 35.6 Å². The number of pyridine rings is 1. The minimum absolute atomic E-state index is 0.656. The lowest BCUT2D eigenvalue weighted by Crippen LogP contribution is -2.12. The van der Waals surface area contributed by atoms with Crippen molar-refractivity contribution in [2.75, 3.05) is 36.8 Å². The quantitative estimate of drug-likeness (QED) is 0.118. The van der Waals surface area contributed by atoms with Gasteiger partial charge in [0.05, 0.1) is 0 Å². The molecule has 6 heterocycles. The Balaban J connectivity index is 0.000000360. The Bertz CT molecular complexity index is 1560. The van der Waals surface area contributed by atoms with Gasteiger partial charge in [-0.3, -0.25) is 19.7 Å². The molecule has 334 valence electrons. The zero-order chi connectivity index (χ0) is 44.4. The molecule has 0 saturated carbocycles. The van der Waals surface area contributed by atoms with Gasteiger partial charge in [0.2, 0.25) is 5.13 Å². The molecular formula is C47H80N12S. The normalized spacial score (nSPS) is 14.7. The number of allylic oxidation sites excluding steroid dienone is 1. The number of nitrogens with zero attached hydrogens (tertiary/aromatic N) is 8. The third kappa shape index (κ3) is 32.2. The van der Waals surface area contributed by atoms with E-state index in [1.807, 2.05) is 59.9 Å². The van der Waals surface area contributed by atoms with Crippen LogP contribution in [0.3, 0.4) is 0 Å². The molecule has 6 rings (SSSR count). The molecule has 0 spiro atoms. The van der Waals surface area contributed by atoms with Gasteiger partial charge in [-0.05, 0) is 78.9 Å². The van der Waals surface area contributed by atoms with E-state index < -0.39 is 0 Å². The summed E-state index contributed by atoms with van der Waals surface area (Å²) in [6.45, 7) is 31.1. The summed E-state index contributed by atoms with van der Waals surface area (Å²) in [4.78, 5) is 17.1. The Morgan fingerprint density at radius 2 is 1.33 bits per heavy atom. The van der Waals surface area contributed by atoms with Crippen molar-refractivity contribution in [3.8, 4) is 0 Å². The van der Waals surface area contributed by atoms with Crippen LogP contribution in [0.5, 0.6) is 0 Å². The zero-order valence-electron chi connectivity index (χ0n) is 39.1. The van der Waals surface area contributed by atoms with Crippen LogP contribution < -0.4 is 21.3 Å². The van der Waals surface area contributed by atoms with Crippen molar-refractivity contribution < 1.29 is 0 Å². The lowest BCUT2D eigenvalue weighted by molar-refractivity contribution is 0.483. The van der Waals surface area contributed by atoms with Crippen molar-refractivity contribution in [2.24, 2.45) is 50.5 Å². The first kappa shape index (κ1) is 53.4. The van der Waals surface area contributed by atoms with Crippen LogP contribution in [0.4, 0.5) is 10.9 Å². The SMILES string of the molecule is CC(C)CCC1=NC=CC1.CC(C)CN=C1CC=CN1.CC(C)CN=C1CC=CN1.CC(C)CNc1ccccn1.CC(C)CNc1nncs1.CC(C)Cn1cccn1. The molecule has 4 N–H and O–H groups in total. The first-order valence-corrected chi connectivity index (χ1v) is 22.8. The highest BCUT2D eigenvalue weighted by atomic mass is 32.1. The molecule has 3 aliphatic heterocycles. The van der Waals surface area contributed by atoms with E-state index in [1.54, 1.807) is 11.7 Å². The van der Waals surface area contributed by atoms with Crippen LogP contribution >= 0.6 is 11.3 Å². The predicted molar refractivity (Wildman–Crippen MR) is 261 cm³/mol. The second kappa shape index (κ2) is 34.1. The number of aliphatic imine (C=N–C) groups is 3. The summed E-state index contributed by atoms with van der Waals surface area (Å²) in [5.41, 5.74) is 3.08. The molecule has 3 aromatic rings. The maximum Gasteiger partial charge on any atom is 0.205 e. The fourth-order valence-electron chi connectivity index (χ4n) is 4.70. The van der Waals surface area contributed by atoms with Crippen LogP contribution in [0.1, 0.15) is 115 Å². The van der Waals surface area contributed by atoms with Crippen LogP contribution in [0.15, 0.2) is 100 Å². The molecule has 0 bridgehead atoms. The number of rotatable bonds is 15. The lowest BCUT2D eigenvalue weighted by atomic mass is 10.0. The molecule has 0 aliphatic carbocycles. The monoisotopic (exact) mass is 845 g/mol. The van der Waals surface area contributed by atoms with Gasteiger partial charge in [0.25, 0.3) is 0 Å². The zero-order valence-corrected chi connectivity index (χ0v) is 39.9. The Labute approximate surface area is 368 Å². The van der Waals surface area contributed by atoms with Gasteiger partial charge in [-0.15, -0.1) is 10.2 Å². The number of amidine groups is 2. The van der Waals surface area contributed by atoms with Crippen molar-refractivity contribution >= 4 is 39.7 Å². The summed E-state index contributed by atoms with van der Waals surface area (Å²) < 4.78 is 1.95. The summed E-state index contributed by atoms with van der Waals surface area (Å²) in [7, 11) is 0. The highest BCUT2D eigenvalue weighted by molar-refractivity contribution is 7.13. The summed E-state index contributed by atoms with van der Waals surface area (Å²) in [6.07, 6.45) is 23.2. The summed E-state index contributed by atoms with van der Waals surface area (Å²) in [5, 5.41) is 25.1. The molecule has 3 aromatic heterocycles. The molecule has 60 heavy (non-hydrogen) atoms. The summed E-state index contributed by atoms with van der Waals surface area (Å²) in [6, 6.07) is 7.82. The highest BCUT2D eigenvalue weighted by Crippen LogP contribution is 2.11. The van der Waals surface area contributed by atoms with Crippen LogP contribution in [-0.2, 0) is 6.54 Å². The van der Waals surface area contributed by atoms with E-state index in [4.69, 9.17) is 0 Å². The lowest BCUT2D eigenvalue weighted by Gasteiger charge is -2.06. The molecule has 0 radical (unpaired) electrons. The molecule has 0 aromatic carbocycles. The molecule has 0 saturated heterocycles. The van der Waals surface area contributed by atoms with Crippen LogP contribution in [0, 0.1) is 35.5 Å². The maximum absolute atomic E-state index is 4.37.